The summed E-state index contributed by atoms with van der Waals surface area (Å²) < 4.78 is 5.03. The number of methoxy groups -OCH3 is 1. The third-order valence-corrected chi connectivity index (χ3v) is 3.04. The number of ether oxygens (including phenoxy) is 1. The van der Waals surface area contributed by atoms with Gasteiger partial charge in [-0.25, -0.2) is 0 Å². The van der Waals surface area contributed by atoms with Gasteiger partial charge >= 0.3 is 0 Å². The van der Waals surface area contributed by atoms with Crippen LogP contribution in [0.1, 0.15) is 29.6 Å². The number of benzene rings is 1. The van der Waals surface area contributed by atoms with E-state index in [9.17, 15) is 9.59 Å². The molecule has 1 aromatic carbocycles. The largest absolute Gasteiger partial charge is 0.496 e. The summed E-state index contributed by atoms with van der Waals surface area (Å²) in [6.07, 6.45) is 2.18. The molecule has 0 radical (unpaired) electrons. The molecule has 0 aliphatic carbocycles. The topological polar surface area (TPSA) is 133 Å². The normalized spacial score (nSPS) is 11.8. The van der Waals surface area contributed by atoms with Gasteiger partial charge in [0.05, 0.1) is 18.7 Å². The number of amides is 2. The highest BCUT2D eigenvalue weighted by Crippen LogP contribution is 2.22. The van der Waals surface area contributed by atoms with E-state index in [1.165, 1.54) is 13.2 Å². The quantitative estimate of drug-likeness (QED) is 0.508. The maximum atomic E-state index is 11.9. The van der Waals surface area contributed by atoms with Gasteiger partial charge in [0.25, 0.3) is 5.91 Å². The first-order chi connectivity index (χ1) is 9.99. The molecule has 0 saturated carbocycles. The maximum Gasteiger partial charge on any atom is 0.252 e. The fourth-order valence-electron chi connectivity index (χ4n) is 1.85. The molecule has 7 N–H and O–H groups in total. The van der Waals surface area contributed by atoms with Crippen molar-refractivity contribution in [2.45, 2.75) is 25.3 Å². The van der Waals surface area contributed by atoms with Crippen molar-refractivity contribution in [3.63, 3.8) is 0 Å². The van der Waals surface area contributed by atoms with Gasteiger partial charge in [-0.3, -0.25) is 9.59 Å². The SMILES string of the molecule is COc1ccc(NC(=O)[C@@H](N)CCCCN)cc1C(N)=O. The molecule has 2 amide bonds. The van der Waals surface area contributed by atoms with Crippen molar-refractivity contribution in [2.75, 3.05) is 19.0 Å². The summed E-state index contributed by atoms with van der Waals surface area (Å²) >= 11 is 0. The van der Waals surface area contributed by atoms with Crippen molar-refractivity contribution in [3.05, 3.63) is 23.8 Å². The number of hydrogen-bond acceptors (Lipinski definition) is 5. The summed E-state index contributed by atoms with van der Waals surface area (Å²) in [7, 11) is 1.44. The van der Waals surface area contributed by atoms with Crippen LogP contribution in [0, 0.1) is 0 Å². The molecule has 116 valence electrons. The van der Waals surface area contributed by atoms with Gasteiger partial charge in [-0.2, -0.15) is 0 Å². The van der Waals surface area contributed by atoms with Gasteiger partial charge in [0.2, 0.25) is 5.91 Å². The molecule has 1 atom stereocenters. The van der Waals surface area contributed by atoms with Crippen LogP contribution in [0.4, 0.5) is 5.69 Å². The Labute approximate surface area is 123 Å². The van der Waals surface area contributed by atoms with Crippen LogP contribution in [0.25, 0.3) is 0 Å². The van der Waals surface area contributed by atoms with E-state index in [-0.39, 0.29) is 11.5 Å². The second-order valence-electron chi connectivity index (χ2n) is 4.66. The maximum absolute atomic E-state index is 11.9. The van der Waals surface area contributed by atoms with E-state index in [2.05, 4.69) is 5.32 Å². The number of primary amides is 1. The lowest BCUT2D eigenvalue weighted by Crippen LogP contribution is -2.35. The fraction of sp³-hybridized carbons (Fsp3) is 0.429. The minimum Gasteiger partial charge on any atom is -0.496 e. The van der Waals surface area contributed by atoms with E-state index in [0.717, 1.165) is 12.8 Å². The molecule has 0 fully saturated rings. The third-order valence-electron chi connectivity index (χ3n) is 3.04. The lowest BCUT2D eigenvalue weighted by molar-refractivity contribution is -0.117. The predicted molar refractivity (Wildman–Crippen MR) is 81.0 cm³/mol. The molecular weight excluding hydrogens is 272 g/mol. The fourth-order valence-corrected chi connectivity index (χ4v) is 1.85. The Morgan fingerprint density at radius 1 is 1.33 bits per heavy atom. The van der Waals surface area contributed by atoms with Gasteiger partial charge in [-0.05, 0) is 37.6 Å². The second-order valence-corrected chi connectivity index (χ2v) is 4.66. The van der Waals surface area contributed by atoms with Gasteiger partial charge in [-0.1, -0.05) is 6.42 Å². The Kier molecular flexibility index (Phi) is 6.64. The summed E-state index contributed by atoms with van der Waals surface area (Å²) in [5, 5.41) is 2.66. The van der Waals surface area contributed by atoms with E-state index in [1.54, 1.807) is 12.1 Å². The van der Waals surface area contributed by atoms with E-state index < -0.39 is 11.9 Å². The van der Waals surface area contributed by atoms with Crippen molar-refractivity contribution >= 4 is 17.5 Å². The molecule has 7 heteroatoms. The molecule has 1 aromatic rings. The van der Waals surface area contributed by atoms with Gasteiger partial charge in [0.15, 0.2) is 0 Å². The molecule has 0 heterocycles. The van der Waals surface area contributed by atoms with Crippen LogP contribution < -0.4 is 27.3 Å². The molecule has 0 aromatic heterocycles. The Morgan fingerprint density at radius 3 is 2.62 bits per heavy atom. The van der Waals surface area contributed by atoms with Crippen molar-refractivity contribution in [1.29, 1.82) is 0 Å². The van der Waals surface area contributed by atoms with Crippen LogP contribution in [0.3, 0.4) is 0 Å². The van der Waals surface area contributed by atoms with Crippen molar-refractivity contribution < 1.29 is 14.3 Å². The van der Waals surface area contributed by atoms with Crippen molar-refractivity contribution in [1.82, 2.24) is 0 Å². The van der Waals surface area contributed by atoms with Gasteiger partial charge in [-0.15, -0.1) is 0 Å². The van der Waals surface area contributed by atoms with Crippen LogP contribution in [-0.4, -0.2) is 31.5 Å². The minimum atomic E-state index is -0.629. The zero-order valence-electron chi connectivity index (χ0n) is 12.1. The monoisotopic (exact) mass is 294 g/mol. The molecule has 0 bridgehead atoms. The second kappa shape index (κ2) is 8.23. The zero-order chi connectivity index (χ0) is 15.8. The summed E-state index contributed by atoms with van der Waals surface area (Å²) in [5.74, 6) is -0.587. The van der Waals surface area contributed by atoms with E-state index in [1.807, 2.05) is 0 Å². The summed E-state index contributed by atoms with van der Waals surface area (Å²) in [6.45, 7) is 0.578. The smallest absolute Gasteiger partial charge is 0.252 e. The molecule has 7 nitrogen and oxygen atoms in total. The molecule has 0 saturated heterocycles. The number of unbranched alkanes of at least 4 members (excludes halogenated alkanes) is 1. The molecule has 0 unspecified atom stereocenters. The number of carbonyl (C=O) groups is 2. The minimum absolute atomic E-state index is 0.201. The lowest BCUT2D eigenvalue weighted by atomic mass is 10.1. The Balaban J connectivity index is 2.72. The molecular formula is C14H22N4O3. The van der Waals surface area contributed by atoms with E-state index in [0.29, 0.717) is 24.4 Å². The Morgan fingerprint density at radius 2 is 2.05 bits per heavy atom. The average molecular weight is 294 g/mol. The first-order valence-corrected chi connectivity index (χ1v) is 6.74. The van der Waals surface area contributed by atoms with Gasteiger partial charge < -0.3 is 27.3 Å². The van der Waals surface area contributed by atoms with E-state index in [4.69, 9.17) is 21.9 Å². The molecule has 0 spiro atoms. The van der Waals surface area contributed by atoms with Crippen LogP contribution in [0.2, 0.25) is 0 Å². The molecule has 21 heavy (non-hydrogen) atoms. The van der Waals surface area contributed by atoms with Crippen LogP contribution in [-0.2, 0) is 4.79 Å². The Bertz CT molecular complexity index is 505. The van der Waals surface area contributed by atoms with Crippen molar-refractivity contribution in [2.24, 2.45) is 17.2 Å². The molecule has 0 aliphatic heterocycles. The summed E-state index contributed by atoms with van der Waals surface area (Å²) in [5.41, 5.74) is 17.1. The summed E-state index contributed by atoms with van der Waals surface area (Å²) in [4.78, 5) is 23.2. The third kappa shape index (κ3) is 5.05. The number of nitrogens with two attached hydrogens (primary N) is 3. The summed E-state index contributed by atoms with van der Waals surface area (Å²) in [6, 6.07) is 4.03. The number of anilines is 1. The number of hydrogen-bond donors (Lipinski definition) is 4. The zero-order valence-corrected chi connectivity index (χ0v) is 12.1. The highest BCUT2D eigenvalue weighted by atomic mass is 16.5. The number of carbonyl (C=O) groups excluding carboxylic acids is 2. The highest BCUT2D eigenvalue weighted by Gasteiger charge is 2.15. The van der Waals surface area contributed by atoms with Crippen molar-refractivity contribution in [3.8, 4) is 5.75 Å². The first kappa shape index (κ1) is 16.9. The van der Waals surface area contributed by atoms with Gasteiger partial charge in [0.1, 0.15) is 5.75 Å². The van der Waals surface area contributed by atoms with Crippen LogP contribution in [0.15, 0.2) is 18.2 Å². The molecule has 1 rings (SSSR count). The van der Waals surface area contributed by atoms with Crippen LogP contribution >= 0.6 is 0 Å². The Hall–Kier alpha value is -2.12. The number of nitrogens with one attached hydrogen (secondary N) is 1. The lowest BCUT2D eigenvalue weighted by Gasteiger charge is -2.13. The van der Waals surface area contributed by atoms with Gasteiger partial charge in [0, 0.05) is 5.69 Å². The molecule has 0 aliphatic rings. The average Bonchev–Trinajstić information content (AvgIpc) is 2.47. The predicted octanol–water partition coefficient (Wildman–Crippen LogP) is 0.189. The first-order valence-electron chi connectivity index (χ1n) is 6.74. The standard InChI is InChI=1S/C14H22N4O3/c1-21-12-6-5-9(8-10(12)13(17)19)18-14(20)11(16)4-2-3-7-15/h5-6,8,11H,2-4,7,15-16H2,1H3,(H2,17,19)(H,18,20)/t11-/m0/s1. The number of rotatable bonds is 8. The van der Waals surface area contributed by atoms with E-state index >= 15 is 0 Å². The van der Waals surface area contributed by atoms with Crippen LogP contribution in [0.5, 0.6) is 5.75 Å². The highest BCUT2D eigenvalue weighted by molar-refractivity contribution is 5.99.